The Bertz CT molecular complexity index is 1510. The van der Waals surface area contributed by atoms with Crippen LogP contribution in [0.15, 0.2) is 73.3 Å². The van der Waals surface area contributed by atoms with Gasteiger partial charge >= 0.3 is 6.16 Å². The third-order valence-electron chi connectivity index (χ3n) is 7.07. The molecule has 2 heterocycles. The van der Waals surface area contributed by atoms with E-state index in [0.29, 0.717) is 48.7 Å². The molecule has 2 aliphatic rings. The highest BCUT2D eigenvalue weighted by Gasteiger charge is 2.34. The molecule has 12 heteroatoms. The number of rotatable bonds is 8. The van der Waals surface area contributed by atoms with Gasteiger partial charge in [0, 0.05) is 56.5 Å². The number of non-ortho nitro benzene ring substituents is 1. The van der Waals surface area contributed by atoms with Gasteiger partial charge in [-0.25, -0.2) is 4.79 Å². The van der Waals surface area contributed by atoms with E-state index in [4.69, 9.17) is 14.2 Å². The first-order chi connectivity index (χ1) is 20.3. The molecule has 0 bridgehead atoms. The van der Waals surface area contributed by atoms with Crippen LogP contribution in [0.25, 0.3) is 5.70 Å². The normalized spacial score (nSPS) is 14.5. The summed E-state index contributed by atoms with van der Waals surface area (Å²) in [4.78, 5) is 53.8. The molecule has 0 saturated carbocycles. The van der Waals surface area contributed by atoms with Gasteiger partial charge in [-0.15, -0.1) is 0 Å². The van der Waals surface area contributed by atoms with Gasteiger partial charge in [-0.05, 0) is 35.9 Å². The maximum Gasteiger partial charge on any atom is 0.514 e. The molecule has 216 valence electrons. The van der Waals surface area contributed by atoms with Crippen molar-refractivity contribution in [2.45, 2.75) is 6.61 Å². The number of nitrogens with zero attached hydrogens (tertiary/aromatic N) is 4. The van der Waals surface area contributed by atoms with E-state index in [1.807, 2.05) is 18.2 Å². The molecule has 42 heavy (non-hydrogen) atoms. The summed E-state index contributed by atoms with van der Waals surface area (Å²) >= 11 is 0. The second-order valence-electron chi connectivity index (χ2n) is 9.65. The second kappa shape index (κ2) is 12.1. The number of methoxy groups -OCH3 is 1. The van der Waals surface area contributed by atoms with Crippen molar-refractivity contribution in [2.24, 2.45) is 0 Å². The van der Waals surface area contributed by atoms with Crippen LogP contribution in [0.1, 0.15) is 21.5 Å². The quantitative estimate of drug-likeness (QED) is 0.168. The van der Waals surface area contributed by atoms with E-state index in [1.54, 1.807) is 34.1 Å². The average Bonchev–Trinajstić information content (AvgIpc) is 3.25. The molecule has 2 amide bonds. The molecule has 12 nitrogen and oxygen atoms in total. The topological polar surface area (TPSA) is 132 Å². The van der Waals surface area contributed by atoms with Crippen LogP contribution in [0.4, 0.5) is 21.9 Å². The average molecular weight is 573 g/mol. The Hall–Kier alpha value is -5.23. The number of hydrogen-bond acceptors (Lipinski definition) is 9. The van der Waals surface area contributed by atoms with E-state index in [1.165, 1.54) is 31.4 Å². The Kier molecular flexibility index (Phi) is 8.16. The van der Waals surface area contributed by atoms with Gasteiger partial charge in [0.2, 0.25) is 5.91 Å². The summed E-state index contributed by atoms with van der Waals surface area (Å²) in [7, 11) is 1.48. The smallest absolute Gasteiger partial charge is 0.429 e. The van der Waals surface area contributed by atoms with E-state index in [9.17, 15) is 24.5 Å². The number of hydrogen-bond donors (Lipinski definition) is 0. The number of amides is 2. The number of ether oxygens (including phenoxy) is 3. The lowest BCUT2D eigenvalue weighted by Crippen LogP contribution is -2.50. The highest BCUT2D eigenvalue weighted by Crippen LogP contribution is 2.41. The van der Waals surface area contributed by atoms with Crippen LogP contribution < -0.4 is 14.5 Å². The van der Waals surface area contributed by atoms with Crippen molar-refractivity contribution in [3.05, 3.63) is 100 Å². The maximum atomic E-state index is 13.4. The Morgan fingerprint density at radius 2 is 1.64 bits per heavy atom. The van der Waals surface area contributed by atoms with Crippen molar-refractivity contribution >= 4 is 40.7 Å². The molecule has 0 N–H and O–H groups in total. The van der Waals surface area contributed by atoms with Crippen molar-refractivity contribution in [3.8, 4) is 5.75 Å². The van der Waals surface area contributed by atoms with Crippen molar-refractivity contribution in [3.63, 3.8) is 0 Å². The molecule has 1 fully saturated rings. The standard InChI is InChI=1S/C30H28N4O8/c1-20-24-5-3-4-6-25(24)29(36)33(20)26-12-7-21(17-27(26)31-13-15-32(16-14-31)28(35)19-40-2)18-41-30(37)42-23-10-8-22(9-11-23)34(38)39/h3-12,17H,1,13-16,18-19H2,2H3. The summed E-state index contributed by atoms with van der Waals surface area (Å²) in [5.41, 5.74) is 3.73. The minimum Gasteiger partial charge on any atom is -0.429 e. The molecular formula is C30H28N4O8. The molecule has 0 atom stereocenters. The van der Waals surface area contributed by atoms with Crippen LogP contribution in [-0.4, -0.2) is 67.7 Å². The molecule has 5 rings (SSSR count). The lowest BCUT2D eigenvalue weighted by molar-refractivity contribution is -0.384. The number of fused-ring (bicyclic) bond motifs is 1. The number of carbonyl (C=O) groups is 3. The zero-order chi connectivity index (χ0) is 29.8. The lowest BCUT2D eigenvalue weighted by atomic mass is 10.1. The predicted octanol–water partition coefficient (Wildman–Crippen LogP) is 4.24. The summed E-state index contributed by atoms with van der Waals surface area (Å²) in [5, 5.41) is 10.8. The van der Waals surface area contributed by atoms with Crippen molar-refractivity contribution in [1.29, 1.82) is 0 Å². The molecule has 0 spiro atoms. The molecule has 1 saturated heterocycles. The second-order valence-corrected chi connectivity index (χ2v) is 9.65. The number of piperazine rings is 1. The Labute approximate surface area is 241 Å². The van der Waals surface area contributed by atoms with Gasteiger partial charge in [0.15, 0.2) is 0 Å². The summed E-state index contributed by atoms with van der Waals surface area (Å²) < 4.78 is 15.4. The first-order valence-electron chi connectivity index (χ1n) is 13.1. The summed E-state index contributed by atoms with van der Waals surface area (Å²) in [6.07, 6.45) is -0.974. The van der Waals surface area contributed by atoms with E-state index in [-0.39, 0.29) is 36.5 Å². The van der Waals surface area contributed by atoms with Gasteiger partial charge in [0.25, 0.3) is 11.6 Å². The number of nitro benzene ring substituents is 1. The zero-order valence-electron chi connectivity index (χ0n) is 22.9. The van der Waals surface area contributed by atoms with E-state index >= 15 is 0 Å². The van der Waals surface area contributed by atoms with E-state index < -0.39 is 11.1 Å². The first-order valence-corrected chi connectivity index (χ1v) is 13.1. The number of benzene rings is 3. The van der Waals surface area contributed by atoms with Crippen LogP contribution in [0.3, 0.4) is 0 Å². The molecule has 0 unspecified atom stereocenters. The molecule has 0 radical (unpaired) electrons. The predicted molar refractivity (Wildman–Crippen MR) is 153 cm³/mol. The number of carbonyl (C=O) groups excluding carboxylic acids is 3. The Morgan fingerprint density at radius 3 is 2.29 bits per heavy atom. The largest absolute Gasteiger partial charge is 0.514 e. The van der Waals surface area contributed by atoms with Crippen LogP contribution >= 0.6 is 0 Å². The van der Waals surface area contributed by atoms with Gasteiger partial charge in [-0.1, -0.05) is 30.8 Å². The molecule has 0 aliphatic carbocycles. The van der Waals surface area contributed by atoms with Crippen LogP contribution in [0, 0.1) is 10.1 Å². The summed E-state index contributed by atoms with van der Waals surface area (Å²) in [6.45, 7) is 6.03. The van der Waals surface area contributed by atoms with Crippen LogP contribution in [0.5, 0.6) is 5.75 Å². The Morgan fingerprint density at radius 1 is 0.952 bits per heavy atom. The SMILES string of the molecule is C=C1c2ccccc2C(=O)N1c1ccc(COC(=O)Oc2ccc([N+](=O)[O-])cc2)cc1N1CCN(C(=O)COC)CC1. The molecular weight excluding hydrogens is 544 g/mol. The van der Waals surface area contributed by atoms with Crippen LogP contribution in [0.2, 0.25) is 0 Å². The van der Waals surface area contributed by atoms with Gasteiger partial charge in [-0.3, -0.25) is 24.6 Å². The van der Waals surface area contributed by atoms with Gasteiger partial charge < -0.3 is 24.0 Å². The fraction of sp³-hybridized carbons (Fsp3) is 0.233. The molecule has 2 aliphatic heterocycles. The first kappa shape index (κ1) is 28.3. The number of anilines is 2. The zero-order valence-corrected chi connectivity index (χ0v) is 22.9. The number of nitro groups is 1. The van der Waals surface area contributed by atoms with Crippen molar-refractivity contribution in [2.75, 3.05) is 49.7 Å². The van der Waals surface area contributed by atoms with Gasteiger partial charge in [0.1, 0.15) is 19.0 Å². The highest BCUT2D eigenvalue weighted by molar-refractivity contribution is 6.23. The van der Waals surface area contributed by atoms with E-state index in [2.05, 4.69) is 11.5 Å². The third-order valence-corrected chi connectivity index (χ3v) is 7.07. The molecule has 3 aromatic rings. The van der Waals surface area contributed by atoms with Crippen molar-refractivity contribution < 1.29 is 33.5 Å². The third kappa shape index (κ3) is 5.79. The Balaban J connectivity index is 1.36. The van der Waals surface area contributed by atoms with Gasteiger partial charge in [0.05, 0.1) is 22.0 Å². The molecule has 3 aromatic carbocycles. The van der Waals surface area contributed by atoms with Gasteiger partial charge in [-0.2, -0.15) is 0 Å². The monoisotopic (exact) mass is 572 g/mol. The minimum atomic E-state index is -0.974. The molecule has 0 aromatic heterocycles. The summed E-state index contributed by atoms with van der Waals surface area (Å²) in [5.74, 6) is -0.181. The lowest BCUT2D eigenvalue weighted by Gasteiger charge is -2.38. The van der Waals surface area contributed by atoms with Crippen molar-refractivity contribution in [1.82, 2.24) is 4.90 Å². The summed E-state index contributed by atoms with van der Waals surface area (Å²) in [6, 6.07) is 17.7. The fourth-order valence-electron chi connectivity index (χ4n) is 4.96. The fourth-order valence-corrected chi connectivity index (χ4v) is 4.96. The maximum absolute atomic E-state index is 13.4. The minimum absolute atomic E-state index is 0.00834. The van der Waals surface area contributed by atoms with Crippen LogP contribution in [-0.2, 0) is 20.9 Å². The highest BCUT2D eigenvalue weighted by atomic mass is 16.7. The van der Waals surface area contributed by atoms with E-state index in [0.717, 1.165) is 11.3 Å².